The third-order valence-corrected chi connectivity index (χ3v) is 2.61. The van der Waals surface area contributed by atoms with Crippen molar-refractivity contribution in [3.8, 4) is 0 Å². The van der Waals surface area contributed by atoms with Crippen LogP contribution in [-0.2, 0) is 9.59 Å². The number of aliphatic carboxylic acids is 1. The number of hydrogen-bond acceptors (Lipinski definition) is 3. The Balaban J connectivity index is 2.47. The fourth-order valence-corrected chi connectivity index (χ4v) is 1.91. The zero-order valence-corrected chi connectivity index (χ0v) is 9.90. The minimum Gasteiger partial charge on any atom is -0.481 e. The molecule has 0 spiro atoms. The summed E-state index contributed by atoms with van der Waals surface area (Å²) < 4.78 is 0. The van der Waals surface area contributed by atoms with E-state index in [1.165, 1.54) is 0 Å². The van der Waals surface area contributed by atoms with Crippen molar-refractivity contribution in [3.63, 3.8) is 0 Å². The molecule has 1 saturated heterocycles. The maximum Gasteiger partial charge on any atom is 0.303 e. The van der Waals surface area contributed by atoms with Gasteiger partial charge in [-0.1, -0.05) is 13.8 Å². The highest BCUT2D eigenvalue weighted by atomic mass is 16.4. The van der Waals surface area contributed by atoms with E-state index < -0.39 is 5.97 Å². The SMILES string of the molecule is CC(C)CN1CCNC(CCC(=O)O)C1=O. The number of nitrogens with zero attached hydrogens (tertiary/aromatic N) is 1. The normalized spacial score (nSPS) is 21.6. The molecule has 1 fully saturated rings. The first-order valence-electron chi connectivity index (χ1n) is 5.74. The van der Waals surface area contributed by atoms with Crippen molar-refractivity contribution in [1.29, 1.82) is 0 Å². The van der Waals surface area contributed by atoms with Crippen LogP contribution in [0, 0.1) is 5.92 Å². The topological polar surface area (TPSA) is 69.6 Å². The van der Waals surface area contributed by atoms with Gasteiger partial charge in [-0.2, -0.15) is 0 Å². The van der Waals surface area contributed by atoms with Gasteiger partial charge in [-0.05, 0) is 12.3 Å². The molecule has 1 aliphatic heterocycles. The number of amides is 1. The van der Waals surface area contributed by atoms with Crippen LogP contribution >= 0.6 is 0 Å². The fraction of sp³-hybridized carbons (Fsp3) is 0.818. The molecule has 2 N–H and O–H groups in total. The van der Waals surface area contributed by atoms with Gasteiger partial charge in [0.15, 0.2) is 0 Å². The zero-order valence-electron chi connectivity index (χ0n) is 9.90. The quantitative estimate of drug-likeness (QED) is 0.710. The molecule has 1 rings (SSSR count). The highest BCUT2D eigenvalue weighted by molar-refractivity contribution is 5.83. The summed E-state index contributed by atoms with van der Waals surface area (Å²) in [6.45, 7) is 6.37. The molecule has 5 heteroatoms. The predicted octanol–water partition coefficient (Wildman–Crippen LogP) is 0.308. The van der Waals surface area contributed by atoms with Crippen LogP contribution in [-0.4, -0.2) is 47.6 Å². The van der Waals surface area contributed by atoms with E-state index in [0.717, 1.165) is 19.6 Å². The molecule has 16 heavy (non-hydrogen) atoms. The summed E-state index contributed by atoms with van der Waals surface area (Å²) in [7, 11) is 0. The summed E-state index contributed by atoms with van der Waals surface area (Å²) >= 11 is 0. The molecular weight excluding hydrogens is 208 g/mol. The monoisotopic (exact) mass is 228 g/mol. The zero-order chi connectivity index (χ0) is 12.1. The first-order valence-corrected chi connectivity index (χ1v) is 5.74. The average molecular weight is 228 g/mol. The Morgan fingerprint density at radius 3 is 2.88 bits per heavy atom. The minimum absolute atomic E-state index is 0.0406. The number of nitrogens with one attached hydrogen (secondary N) is 1. The van der Waals surface area contributed by atoms with Gasteiger partial charge in [0.25, 0.3) is 0 Å². The predicted molar refractivity (Wildman–Crippen MR) is 60.1 cm³/mol. The summed E-state index contributed by atoms with van der Waals surface area (Å²) in [4.78, 5) is 24.2. The van der Waals surface area contributed by atoms with E-state index in [9.17, 15) is 9.59 Å². The Hall–Kier alpha value is -1.10. The third-order valence-electron chi connectivity index (χ3n) is 2.61. The Kier molecular flexibility index (Phi) is 4.73. The lowest BCUT2D eigenvalue weighted by molar-refractivity contribution is -0.139. The molecule has 92 valence electrons. The maximum atomic E-state index is 11.9. The van der Waals surface area contributed by atoms with Gasteiger partial charge in [0.2, 0.25) is 5.91 Å². The molecule has 1 atom stereocenters. The molecule has 0 aromatic rings. The van der Waals surface area contributed by atoms with Crippen LogP contribution in [0.25, 0.3) is 0 Å². The van der Waals surface area contributed by atoms with Crippen molar-refractivity contribution in [1.82, 2.24) is 10.2 Å². The van der Waals surface area contributed by atoms with Gasteiger partial charge in [-0.15, -0.1) is 0 Å². The van der Waals surface area contributed by atoms with Crippen LogP contribution in [0.2, 0.25) is 0 Å². The van der Waals surface area contributed by atoms with E-state index in [0.29, 0.717) is 12.3 Å². The van der Waals surface area contributed by atoms with Crippen molar-refractivity contribution in [2.45, 2.75) is 32.7 Å². The molecule has 0 bridgehead atoms. The number of carboxylic acid groups (broad SMARTS) is 1. The first-order chi connectivity index (χ1) is 7.50. The van der Waals surface area contributed by atoms with Crippen molar-refractivity contribution < 1.29 is 14.7 Å². The number of carboxylic acids is 1. The van der Waals surface area contributed by atoms with Crippen molar-refractivity contribution in [2.75, 3.05) is 19.6 Å². The Bertz CT molecular complexity index is 266. The van der Waals surface area contributed by atoms with Gasteiger partial charge in [-0.3, -0.25) is 9.59 Å². The van der Waals surface area contributed by atoms with Crippen LogP contribution in [0.3, 0.4) is 0 Å². The lowest BCUT2D eigenvalue weighted by atomic mass is 10.1. The molecule has 0 radical (unpaired) electrons. The summed E-state index contributed by atoms with van der Waals surface area (Å²) in [5.41, 5.74) is 0. The fourth-order valence-electron chi connectivity index (χ4n) is 1.91. The molecule has 0 aromatic carbocycles. The third kappa shape index (κ3) is 3.81. The second-order valence-electron chi connectivity index (χ2n) is 4.62. The van der Waals surface area contributed by atoms with E-state index in [2.05, 4.69) is 19.2 Å². The second kappa shape index (κ2) is 5.84. The van der Waals surface area contributed by atoms with Crippen LogP contribution in [0.4, 0.5) is 0 Å². The number of carbonyl (C=O) groups is 2. The molecule has 5 nitrogen and oxygen atoms in total. The molecule has 1 aliphatic rings. The summed E-state index contributed by atoms with van der Waals surface area (Å²) in [6.07, 6.45) is 0.418. The van der Waals surface area contributed by atoms with Gasteiger partial charge >= 0.3 is 5.97 Å². The highest BCUT2D eigenvalue weighted by Crippen LogP contribution is 2.09. The Morgan fingerprint density at radius 1 is 1.62 bits per heavy atom. The summed E-state index contributed by atoms with van der Waals surface area (Å²) in [6, 6.07) is -0.316. The molecule has 0 aliphatic carbocycles. The van der Waals surface area contributed by atoms with Crippen molar-refractivity contribution in [2.24, 2.45) is 5.92 Å². The van der Waals surface area contributed by atoms with Crippen molar-refractivity contribution >= 4 is 11.9 Å². The largest absolute Gasteiger partial charge is 0.481 e. The molecular formula is C11H20N2O3. The lowest BCUT2D eigenvalue weighted by Crippen LogP contribution is -2.55. The Labute approximate surface area is 95.8 Å². The number of hydrogen-bond donors (Lipinski definition) is 2. The molecule has 1 heterocycles. The number of carbonyl (C=O) groups excluding carboxylic acids is 1. The number of rotatable bonds is 5. The molecule has 0 saturated carbocycles. The maximum absolute atomic E-state index is 11.9. The standard InChI is InChI=1S/C11H20N2O3/c1-8(2)7-13-6-5-12-9(11(13)16)3-4-10(14)15/h8-9,12H,3-7H2,1-2H3,(H,14,15). The van der Waals surface area contributed by atoms with Crippen LogP contribution in [0.1, 0.15) is 26.7 Å². The van der Waals surface area contributed by atoms with Crippen molar-refractivity contribution in [3.05, 3.63) is 0 Å². The van der Waals surface area contributed by atoms with E-state index >= 15 is 0 Å². The van der Waals surface area contributed by atoms with Crippen LogP contribution < -0.4 is 5.32 Å². The van der Waals surface area contributed by atoms with Gasteiger partial charge < -0.3 is 15.3 Å². The average Bonchev–Trinajstić information content (AvgIpc) is 2.18. The van der Waals surface area contributed by atoms with E-state index in [4.69, 9.17) is 5.11 Å². The van der Waals surface area contributed by atoms with Gasteiger partial charge in [-0.25, -0.2) is 0 Å². The van der Waals surface area contributed by atoms with E-state index in [-0.39, 0.29) is 18.4 Å². The lowest BCUT2D eigenvalue weighted by Gasteiger charge is -2.34. The van der Waals surface area contributed by atoms with Crippen LogP contribution in [0.15, 0.2) is 0 Å². The second-order valence-corrected chi connectivity index (χ2v) is 4.62. The highest BCUT2D eigenvalue weighted by Gasteiger charge is 2.28. The Morgan fingerprint density at radius 2 is 2.31 bits per heavy atom. The summed E-state index contributed by atoms with van der Waals surface area (Å²) in [5, 5.41) is 11.7. The van der Waals surface area contributed by atoms with Gasteiger partial charge in [0.05, 0.1) is 6.04 Å². The van der Waals surface area contributed by atoms with Crippen LogP contribution in [0.5, 0.6) is 0 Å². The molecule has 0 aromatic heterocycles. The molecule has 1 unspecified atom stereocenters. The summed E-state index contributed by atoms with van der Waals surface area (Å²) in [5.74, 6) is -0.362. The molecule has 1 amide bonds. The van der Waals surface area contributed by atoms with E-state index in [1.54, 1.807) is 0 Å². The number of piperazine rings is 1. The van der Waals surface area contributed by atoms with Gasteiger partial charge in [0, 0.05) is 26.1 Å². The minimum atomic E-state index is -0.851. The first kappa shape index (κ1) is 13.0. The smallest absolute Gasteiger partial charge is 0.303 e. The van der Waals surface area contributed by atoms with Gasteiger partial charge in [0.1, 0.15) is 0 Å². The van der Waals surface area contributed by atoms with E-state index in [1.807, 2.05) is 4.90 Å².